The van der Waals surface area contributed by atoms with E-state index in [1.165, 1.54) is 12.1 Å². The Balaban J connectivity index is 2.00. The summed E-state index contributed by atoms with van der Waals surface area (Å²) in [5.74, 6) is 0.157. The Hall–Kier alpha value is -2.37. The van der Waals surface area contributed by atoms with Crippen molar-refractivity contribution >= 4 is 11.4 Å². The number of aromatic nitrogens is 1. The molecule has 1 heterocycles. The molecule has 0 aliphatic rings. The number of pyridine rings is 1. The lowest BCUT2D eigenvalue weighted by atomic mass is 10.2. The summed E-state index contributed by atoms with van der Waals surface area (Å²) in [6, 6.07) is 8.47. The third kappa shape index (κ3) is 4.30. The van der Waals surface area contributed by atoms with Crippen LogP contribution in [0.15, 0.2) is 42.7 Å². The predicted molar refractivity (Wildman–Crippen MR) is 79.0 cm³/mol. The number of benzene rings is 1. The van der Waals surface area contributed by atoms with E-state index in [4.69, 9.17) is 0 Å². The number of alkyl halides is 2. The molecule has 0 aliphatic heterocycles. The Morgan fingerprint density at radius 3 is 2.52 bits per heavy atom. The maximum Gasteiger partial charge on any atom is 0.387 e. The number of nitrogens with one attached hydrogen (secondary N) is 1. The highest BCUT2D eigenvalue weighted by Crippen LogP contribution is 2.23. The second-order valence-electron chi connectivity index (χ2n) is 4.66. The molecule has 0 bridgehead atoms. The van der Waals surface area contributed by atoms with Gasteiger partial charge in [-0.2, -0.15) is 8.78 Å². The van der Waals surface area contributed by atoms with Crippen LogP contribution in [0.2, 0.25) is 0 Å². The van der Waals surface area contributed by atoms with Crippen LogP contribution in [0.25, 0.3) is 0 Å². The molecular formula is C15H17F2N3O. The summed E-state index contributed by atoms with van der Waals surface area (Å²) in [6.07, 6.45) is 3.49. The monoisotopic (exact) mass is 293 g/mol. The minimum atomic E-state index is -2.80. The van der Waals surface area contributed by atoms with E-state index in [2.05, 4.69) is 15.0 Å². The van der Waals surface area contributed by atoms with Crippen LogP contribution in [0, 0.1) is 0 Å². The van der Waals surface area contributed by atoms with Gasteiger partial charge in [-0.25, -0.2) is 0 Å². The van der Waals surface area contributed by atoms with Gasteiger partial charge in [0.05, 0.1) is 17.6 Å². The van der Waals surface area contributed by atoms with Gasteiger partial charge in [0.25, 0.3) is 0 Å². The fourth-order valence-corrected chi connectivity index (χ4v) is 1.90. The smallest absolute Gasteiger partial charge is 0.387 e. The van der Waals surface area contributed by atoms with Crippen molar-refractivity contribution in [2.45, 2.75) is 13.2 Å². The molecule has 0 aliphatic carbocycles. The van der Waals surface area contributed by atoms with Crippen molar-refractivity contribution in [2.75, 3.05) is 24.3 Å². The summed E-state index contributed by atoms with van der Waals surface area (Å²) in [4.78, 5) is 6.08. The zero-order valence-corrected chi connectivity index (χ0v) is 11.9. The van der Waals surface area contributed by atoms with Crippen LogP contribution in [-0.4, -0.2) is 25.7 Å². The highest BCUT2D eigenvalue weighted by Gasteiger charge is 2.05. The van der Waals surface area contributed by atoms with Crippen molar-refractivity contribution in [3.05, 3.63) is 48.3 Å². The number of ether oxygens (including phenoxy) is 1. The zero-order chi connectivity index (χ0) is 15.2. The Morgan fingerprint density at radius 2 is 1.90 bits per heavy atom. The molecule has 2 aromatic rings. The molecule has 0 unspecified atom stereocenters. The maximum absolute atomic E-state index is 12.1. The molecule has 0 radical (unpaired) electrons. The van der Waals surface area contributed by atoms with Gasteiger partial charge in [0.2, 0.25) is 0 Å². The molecule has 0 atom stereocenters. The second-order valence-corrected chi connectivity index (χ2v) is 4.66. The second kappa shape index (κ2) is 6.88. The average molecular weight is 293 g/mol. The van der Waals surface area contributed by atoms with Gasteiger partial charge in [0.15, 0.2) is 0 Å². The lowest BCUT2D eigenvalue weighted by molar-refractivity contribution is -0.0498. The Morgan fingerprint density at radius 1 is 1.19 bits per heavy atom. The van der Waals surface area contributed by atoms with E-state index in [1.807, 2.05) is 25.1 Å². The van der Waals surface area contributed by atoms with Gasteiger partial charge in [-0.1, -0.05) is 12.1 Å². The molecule has 112 valence electrons. The molecule has 4 nitrogen and oxygen atoms in total. The Kier molecular flexibility index (Phi) is 4.92. The summed E-state index contributed by atoms with van der Waals surface area (Å²) in [5, 5.41) is 3.28. The SMILES string of the molecule is CN(C)c1ccncc1NCc1ccc(OC(F)F)cc1. The number of rotatable bonds is 6. The predicted octanol–water partition coefficient (Wildman–Crippen LogP) is 3.36. The summed E-state index contributed by atoms with van der Waals surface area (Å²) in [7, 11) is 3.91. The van der Waals surface area contributed by atoms with Crippen LogP contribution in [0.5, 0.6) is 5.75 Å². The molecule has 1 aromatic carbocycles. The number of nitrogens with zero attached hydrogens (tertiary/aromatic N) is 2. The quantitative estimate of drug-likeness (QED) is 0.886. The zero-order valence-electron chi connectivity index (χ0n) is 11.9. The van der Waals surface area contributed by atoms with Crippen molar-refractivity contribution in [3.63, 3.8) is 0 Å². The van der Waals surface area contributed by atoms with E-state index in [-0.39, 0.29) is 5.75 Å². The highest BCUT2D eigenvalue weighted by atomic mass is 19.3. The first-order valence-electron chi connectivity index (χ1n) is 6.45. The van der Waals surface area contributed by atoms with E-state index >= 15 is 0 Å². The molecule has 6 heteroatoms. The third-order valence-electron chi connectivity index (χ3n) is 2.91. The van der Waals surface area contributed by atoms with Crippen LogP contribution in [-0.2, 0) is 6.54 Å². The summed E-state index contributed by atoms with van der Waals surface area (Å²) in [6.45, 7) is -2.23. The molecule has 21 heavy (non-hydrogen) atoms. The van der Waals surface area contributed by atoms with Crippen LogP contribution in [0.1, 0.15) is 5.56 Å². The molecule has 0 saturated heterocycles. The molecule has 2 rings (SSSR count). The largest absolute Gasteiger partial charge is 0.435 e. The van der Waals surface area contributed by atoms with Gasteiger partial charge < -0.3 is 15.0 Å². The molecule has 0 saturated carbocycles. The highest BCUT2D eigenvalue weighted by molar-refractivity contribution is 5.68. The van der Waals surface area contributed by atoms with E-state index < -0.39 is 6.61 Å². The van der Waals surface area contributed by atoms with Crippen LogP contribution in [0.4, 0.5) is 20.2 Å². The first-order chi connectivity index (χ1) is 10.1. The van der Waals surface area contributed by atoms with Crippen LogP contribution in [0.3, 0.4) is 0 Å². The van der Waals surface area contributed by atoms with Gasteiger partial charge in [-0.15, -0.1) is 0 Å². The lowest BCUT2D eigenvalue weighted by Crippen LogP contribution is -2.12. The van der Waals surface area contributed by atoms with Gasteiger partial charge in [0.1, 0.15) is 5.75 Å². The summed E-state index contributed by atoms with van der Waals surface area (Å²) in [5.41, 5.74) is 2.91. The van der Waals surface area contributed by atoms with Crippen molar-refractivity contribution in [3.8, 4) is 5.75 Å². The van der Waals surface area contributed by atoms with Crippen molar-refractivity contribution < 1.29 is 13.5 Å². The Labute approximate surface area is 122 Å². The lowest BCUT2D eigenvalue weighted by Gasteiger charge is -2.17. The van der Waals surface area contributed by atoms with Gasteiger partial charge in [-0.05, 0) is 23.8 Å². The van der Waals surface area contributed by atoms with E-state index in [0.29, 0.717) is 6.54 Å². The maximum atomic E-state index is 12.1. The standard InChI is InChI=1S/C15H17F2N3O/c1-20(2)14-7-8-18-10-13(14)19-9-11-3-5-12(6-4-11)21-15(16)17/h3-8,10,15,19H,9H2,1-2H3. The number of anilines is 2. The summed E-state index contributed by atoms with van der Waals surface area (Å²) < 4.78 is 28.4. The van der Waals surface area contributed by atoms with Crippen molar-refractivity contribution in [1.29, 1.82) is 0 Å². The van der Waals surface area contributed by atoms with Crippen molar-refractivity contribution in [1.82, 2.24) is 4.98 Å². The molecule has 0 amide bonds. The van der Waals surface area contributed by atoms with E-state index in [9.17, 15) is 8.78 Å². The minimum Gasteiger partial charge on any atom is -0.435 e. The number of hydrogen-bond acceptors (Lipinski definition) is 4. The minimum absolute atomic E-state index is 0.157. The third-order valence-corrected chi connectivity index (χ3v) is 2.91. The van der Waals surface area contributed by atoms with Crippen molar-refractivity contribution in [2.24, 2.45) is 0 Å². The number of halogens is 2. The summed E-state index contributed by atoms with van der Waals surface area (Å²) >= 11 is 0. The van der Waals surface area contributed by atoms with E-state index in [0.717, 1.165) is 16.9 Å². The first kappa shape index (κ1) is 15.0. The van der Waals surface area contributed by atoms with Crippen LogP contribution < -0.4 is 15.0 Å². The molecule has 0 fully saturated rings. The van der Waals surface area contributed by atoms with Gasteiger partial charge in [-0.3, -0.25) is 4.98 Å². The molecule has 1 aromatic heterocycles. The molecular weight excluding hydrogens is 276 g/mol. The Bertz CT molecular complexity index is 573. The molecule has 1 N–H and O–H groups in total. The first-order valence-corrected chi connectivity index (χ1v) is 6.45. The van der Waals surface area contributed by atoms with Gasteiger partial charge in [0, 0.05) is 26.8 Å². The fraction of sp³-hybridized carbons (Fsp3) is 0.267. The fourth-order valence-electron chi connectivity index (χ4n) is 1.90. The van der Waals surface area contributed by atoms with Gasteiger partial charge >= 0.3 is 6.61 Å². The number of hydrogen-bond donors (Lipinski definition) is 1. The normalized spacial score (nSPS) is 10.5. The van der Waals surface area contributed by atoms with E-state index in [1.54, 1.807) is 24.5 Å². The topological polar surface area (TPSA) is 37.4 Å². The average Bonchev–Trinajstić information content (AvgIpc) is 2.46. The van der Waals surface area contributed by atoms with Crippen LogP contribution >= 0.6 is 0 Å². The molecule has 0 spiro atoms.